The highest BCUT2D eigenvalue weighted by Gasteiger charge is 2.37. The lowest BCUT2D eigenvalue weighted by molar-refractivity contribution is -0.385. The Morgan fingerprint density at radius 2 is 1.94 bits per heavy atom. The summed E-state index contributed by atoms with van der Waals surface area (Å²) in [7, 11) is 1.51. The van der Waals surface area contributed by atoms with Crippen molar-refractivity contribution in [2.75, 3.05) is 23.9 Å². The van der Waals surface area contributed by atoms with Gasteiger partial charge in [0, 0.05) is 36.3 Å². The predicted octanol–water partition coefficient (Wildman–Crippen LogP) is 4.92. The van der Waals surface area contributed by atoms with E-state index < -0.39 is 4.92 Å². The van der Waals surface area contributed by atoms with Gasteiger partial charge < -0.3 is 19.7 Å². The lowest BCUT2D eigenvalue weighted by atomic mass is 10.1. The smallest absolute Gasteiger partial charge is 0.270 e. The molecule has 0 saturated heterocycles. The zero-order chi connectivity index (χ0) is 23.8. The van der Waals surface area contributed by atoms with Crippen LogP contribution in [-0.4, -0.2) is 30.5 Å². The molecule has 1 atom stereocenters. The normalized spacial score (nSPS) is 16.1. The van der Waals surface area contributed by atoms with Crippen molar-refractivity contribution >= 4 is 34.6 Å². The third-order valence-corrected chi connectivity index (χ3v) is 6.46. The Hall–Kier alpha value is -3.78. The molecular formula is C25H22ClN3O5. The summed E-state index contributed by atoms with van der Waals surface area (Å²) < 4.78 is 11.5. The molecule has 9 heteroatoms. The molecule has 0 aliphatic carbocycles. The number of ether oxygens (including phenoxy) is 2. The van der Waals surface area contributed by atoms with Crippen LogP contribution in [0.15, 0.2) is 54.6 Å². The molecule has 0 unspecified atom stereocenters. The molecular weight excluding hydrogens is 458 g/mol. The van der Waals surface area contributed by atoms with Gasteiger partial charge >= 0.3 is 0 Å². The summed E-state index contributed by atoms with van der Waals surface area (Å²) in [4.78, 5) is 26.2. The number of hydrogen-bond acceptors (Lipinski definition) is 6. The minimum absolute atomic E-state index is 0.0199. The van der Waals surface area contributed by atoms with Gasteiger partial charge in [-0.1, -0.05) is 24.3 Å². The summed E-state index contributed by atoms with van der Waals surface area (Å²) in [5.41, 5.74) is 4.47. The number of fused-ring (bicyclic) bond motifs is 4. The average molecular weight is 480 g/mol. The number of nitrogens with one attached hydrogen (secondary N) is 1. The fraction of sp³-hybridized carbons (Fsp3) is 0.240. The number of para-hydroxylation sites is 1. The number of carbonyl (C=O) groups excluding carboxylic acids is 1. The molecule has 174 valence electrons. The number of halogens is 1. The predicted molar refractivity (Wildman–Crippen MR) is 129 cm³/mol. The first-order valence-electron chi connectivity index (χ1n) is 10.8. The van der Waals surface area contributed by atoms with Crippen molar-refractivity contribution in [2.45, 2.75) is 24.9 Å². The first-order chi connectivity index (χ1) is 16.5. The van der Waals surface area contributed by atoms with Crippen molar-refractivity contribution in [1.29, 1.82) is 0 Å². The van der Waals surface area contributed by atoms with Gasteiger partial charge in [0.25, 0.3) is 11.6 Å². The standard InChI is InChI=1S/C25H22ClN3O5/c1-33-23-10-20-21(27-13-19-9-17-4-2-3-5-22(17)28(19)25(20)30)11-24(23)34-14-16-6-15(12-26)7-18(8-16)29(31)32/h2-8,10-11,19,27H,9,12-14H2,1H3/t19-/m0/s1. The van der Waals surface area contributed by atoms with Crippen LogP contribution in [0.4, 0.5) is 17.1 Å². The fourth-order valence-corrected chi connectivity index (χ4v) is 4.74. The Balaban J connectivity index is 1.45. The van der Waals surface area contributed by atoms with Crippen LogP contribution < -0.4 is 19.7 Å². The quantitative estimate of drug-likeness (QED) is 0.306. The van der Waals surface area contributed by atoms with Gasteiger partial charge in [0.15, 0.2) is 11.5 Å². The number of nitro groups is 1. The van der Waals surface area contributed by atoms with Crippen molar-refractivity contribution in [2.24, 2.45) is 0 Å². The lowest BCUT2D eigenvalue weighted by Crippen LogP contribution is -2.39. The Morgan fingerprint density at radius 1 is 1.15 bits per heavy atom. The SMILES string of the molecule is COc1cc2c(cc1OCc1cc(CCl)cc([N+](=O)[O-])c1)NC[C@@H]1Cc3ccccc3N1C2=O. The third kappa shape index (κ3) is 3.90. The number of non-ortho nitro benzene ring substituents is 1. The topological polar surface area (TPSA) is 93.9 Å². The largest absolute Gasteiger partial charge is 0.493 e. The van der Waals surface area contributed by atoms with Crippen molar-refractivity contribution < 1.29 is 19.2 Å². The Labute approximate surface area is 201 Å². The molecule has 0 saturated carbocycles. The molecule has 3 aromatic carbocycles. The molecule has 0 fully saturated rings. The van der Waals surface area contributed by atoms with Crippen LogP contribution in [0, 0.1) is 10.1 Å². The molecule has 1 amide bonds. The number of alkyl halides is 1. The number of benzene rings is 3. The minimum Gasteiger partial charge on any atom is -0.493 e. The van der Waals surface area contributed by atoms with Gasteiger partial charge in [0.2, 0.25) is 0 Å². The molecule has 1 N–H and O–H groups in total. The summed E-state index contributed by atoms with van der Waals surface area (Å²) in [6.07, 6.45) is 0.791. The highest BCUT2D eigenvalue weighted by Crippen LogP contribution is 2.40. The van der Waals surface area contributed by atoms with Gasteiger partial charge in [0.1, 0.15) is 6.61 Å². The first-order valence-corrected chi connectivity index (χ1v) is 11.4. The van der Waals surface area contributed by atoms with Crippen molar-refractivity contribution in [3.63, 3.8) is 0 Å². The van der Waals surface area contributed by atoms with Crippen LogP contribution in [0.3, 0.4) is 0 Å². The fourth-order valence-electron chi connectivity index (χ4n) is 4.58. The minimum atomic E-state index is -0.456. The number of methoxy groups -OCH3 is 1. The van der Waals surface area contributed by atoms with E-state index in [2.05, 4.69) is 11.4 Å². The van der Waals surface area contributed by atoms with E-state index in [1.54, 1.807) is 18.2 Å². The maximum atomic E-state index is 13.5. The molecule has 0 radical (unpaired) electrons. The maximum Gasteiger partial charge on any atom is 0.270 e. The highest BCUT2D eigenvalue weighted by molar-refractivity contribution is 6.17. The monoisotopic (exact) mass is 479 g/mol. The maximum absolute atomic E-state index is 13.5. The van der Waals surface area contributed by atoms with Crippen LogP contribution in [0.1, 0.15) is 27.0 Å². The number of carbonyl (C=O) groups is 1. The summed E-state index contributed by atoms with van der Waals surface area (Å²) in [5, 5.41) is 14.6. The number of nitro benzene ring substituents is 1. The van der Waals surface area contributed by atoms with Crippen LogP contribution in [-0.2, 0) is 18.9 Å². The van der Waals surface area contributed by atoms with Crippen LogP contribution in [0.25, 0.3) is 0 Å². The van der Waals surface area contributed by atoms with E-state index in [0.717, 1.165) is 17.7 Å². The molecule has 0 bridgehead atoms. The van der Waals surface area contributed by atoms with E-state index in [0.29, 0.717) is 40.4 Å². The Kier molecular flexibility index (Phi) is 5.75. The Bertz CT molecular complexity index is 1300. The zero-order valence-electron chi connectivity index (χ0n) is 18.4. The molecule has 3 aromatic rings. The van der Waals surface area contributed by atoms with Crippen LogP contribution in [0.5, 0.6) is 11.5 Å². The van der Waals surface area contributed by atoms with Crippen molar-refractivity contribution in [3.05, 3.63) is 87.0 Å². The number of rotatable bonds is 6. The van der Waals surface area contributed by atoms with Gasteiger partial charge in [-0.05, 0) is 35.2 Å². The highest BCUT2D eigenvalue weighted by atomic mass is 35.5. The summed E-state index contributed by atoms with van der Waals surface area (Å²) in [5.74, 6) is 0.903. The number of amides is 1. The van der Waals surface area contributed by atoms with E-state index >= 15 is 0 Å². The molecule has 2 heterocycles. The summed E-state index contributed by atoms with van der Waals surface area (Å²) in [6.45, 7) is 0.680. The molecule has 8 nitrogen and oxygen atoms in total. The second-order valence-corrected chi connectivity index (χ2v) is 8.55. The average Bonchev–Trinajstić information content (AvgIpc) is 3.17. The van der Waals surface area contributed by atoms with Crippen LogP contribution >= 0.6 is 11.6 Å². The van der Waals surface area contributed by atoms with E-state index in [1.165, 1.54) is 19.2 Å². The lowest BCUT2D eigenvalue weighted by Gasteiger charge is -2.22. The van der Waals surface area contributed by atoms with E-state index in [9.17, 15) is 14.9 Å². The van der Waals surface area contributed by atoms with Gasteiger partial charge in [-0.3, -0.25) is 14.9 Å². The van der Waals surface area contributed by atoms with E-state index in [-0.39, 0.29) is 30.1 Å². The van der Waals surface area contributed by atoms with Crippen LogP contribution in [0.2, 0.25) is 0 Å². The van der Waals surface area contributed by atoms with Crippen molar-refractivity contribution in [3.8, 4) is 11.5 Å². The van der Waals surface area contributed by atoms with Crippen molar-refractivity contribution in [1.82, 2.24) is 0 Å². The second-order valence-electron chi connectivity index (χ2n) is 8.28. The second kappa shape index (κ2) is 8.87. The zero-order valence-corrected chi connectivity index (χ0v) is 19.2. The molecule has 5 rings (SSSR count). The molecule has 0 aromatic heterocycles. The number of hydrogen-bond donors (Lipinski definition) is 1. The molecule has 0 spiro atoms. The summed E-state index contributed by atoms with van der Waals surface area (Å²) in [6, 6.07) is 16.1. The first kappa shape index (κ1) is 22.0. The molecule has 2 aliphatic heterocycles. The van der Waals surface area contributed by atoms with Gasteiger partial charge in [-0.2, -0.15) is 0 Å². The molecule has 34 heavy (non-hydrogen) atoms. The Morgan fingerprint density at radius 3 is 2.71 bits per heavy atom. The third-order valence-electron chi connectivity index (χ3n) is 6.15. The van der Waals surface area contributed by atoms with E-state index in [4.69, 9.17) is 21.1 Å². The van der Waals surface area contributed by atoms with Gasteiger partial charge in [-0.15, -0.1) is 11.6 Å². The summed E-state index contributed by atoms with van der Waals surface area (Å²) >= 11 is 5.89. The molecule has 2 aliphatic rings. The number of nitrogens with zero attached hydrogens (tertiary/aromatic N) is 2. The number of anilines is 2. The van der Waals surface area contributed by atoms with Gasteiger partial charge in [0.05, 0.1) is 29.3 Å². The van der Waals surface area contributed by atoms with E-state index in [1.807, 2.05) is 23.1 Å². The van der Waals surface area contributed by atoms with Gasteiger partial charge in [-0.25, -0.2) is 0 Å².